The maximum absolute atomic E-state index is 12.5. The summed E-state index contributed by atoms with van der Waals surface area (Å²) in [6.45, 7) is 4.06. The minimum atomic E-state index is -0.170. The summed E-state index contributed by atoms with van der Waals surface area (Å²) in [4.78, 5) is 14.2. The highest BCUT2D eigenvalue weighted by atomic mass is 35.5. The number of hydrogen-bond acceptors (Lipinski definition) is 4. The van der Waals surface area contributed by atoms with Crippen molar-refractivity contribution in [2.24, 2.45) is 0 Å². The lowest BCUT2D eigenvalue weighted by Gasteiger charge is -2.32. The van der Waals surface area contributed by atoms with Gasteiger partial charge in [-0.25, -0.2) is 0 Å². The SMILES string of the molecule is CCCOC1CCCN(C(=O)c2cc(Cl)nnc2Cl)C1. The molecule has 2 rings (SSSR count). The first-order valence-corrected chi connectivity index (χ1v) is 7.47. The number of rotatable bonds is 4. The number of carbonyl (C=O) groups is 1. The van der Waals surface area contributed by atoms with Gasteiger partial charge in [-0.15, -0.1) is 10.2 Å². The van der Waals surface area contributed by atoms with E-state index in [-0.39, 0.29) is 22.3 Å². The molecule has 0 N–H and O–H groups in total. The van der Waals surface area contributed by atoms with E-state index in [2.05, 4.69) is 17.1 Å². The van der Waals surface area contributed by atoms with E-state index in [0.717, 1.165) is 25.9 Å². The number of likely N-dealkylation sites (tertiary alicyclic amines) is 1. The normalized spacial score (nSPS) is 19.1. The van der Waals surface area contributed by atoms with Crippen LogP contribution in [0.4, 0.5) is 0 Å². The zero-order valence-corrected chi connectivity index (χ0v) is 12.8. The van der Waals surface area contributed by atoms with Crippen LogP contribution < -0.4 is 0 Å². The van der Waals surface area contributed by atoms with Crippen molar-refractivity contribution in [3.8, 4) is 0 Å². The molecule has 0 aliphatic carbocycles. The summed E-state index contributed by atoms with van der Waals surface area (Å²) in [5, 5.41) is 7.52. The summed E-state index contributed by atoms with van der Waals surface area (Å²) < 4.78 is 5.72. The minimum Gasteiger partial charge on any atom is -0.376 e. The van der Waals surface area contributed by atoms with Crippen molar-refractivity contribution >= 4 is 29.1 Å². The van der Waals surface area contributed by atoms with Gasteiger partial charge in [0.05, 0.1) is 11.7 Å². The standard InChI is InChI=1S/C13H17Cl2N3O2/c1-2-6-20-9-4-3-5-18(8-9)13(19)10-7-11(14)16-17-12(10)15/h7,9H,2-6,8H2,1H3. The largest absolute Gasteiger partial charge is 0.376 e. The van der Waals surface area contributed by atoms with Crippen molar-refractivity contribution in [2.75, 3.05) is 19.7 Å². The molecule has 1 aromatic rings. The maximum Gasteiger partial charge on any atom is 0.257 e. The zero-order chi connectivity index (χ0) is 14.5. The van der Waals surface area contributed by atoms with Crippen LogP contribution in [-0.2, 0) is 4.74 Å². The van der Waals surface area contributed by atoms with Crippen LogP contribution in [0.15, 0.2) is 6.07 Å². The Bertz CT molecular complexity index is 485. The Labute approximate surface area is 128 Å². The predicted octanol–water partition coefficient (Wildman–Crippen LogP) is 2.81. The van der Waals surface area contributed by atoms with Crippen LogP contribution in [0.5, 0.6) is 0 Å². The molecule has 0 spiro atoms. The fraction of sp³-hybridized carbons (Fsp3) is 0.615. The number of hydrogen-bond donors (Lipinski definition) is 0. The fourth-order valence-electron chi connectivity index (χ4n) is 2.22. The van der Waals surface area contributed by atoms with E-state index in [9.17, 15) is 4.79 Å². The number of aromatic nitrogens is 2. The second-order valence-electron chi connectivity index (χ2n) is 4.76. The van der Waals surface area contributed by atoms with E-state index in [0.29, 0.717) is 18.7 Å². The van der Waals surface area contributed by atoms with Gasteiger partial charge in [-0.2, -0.15) is 0 Å². The lowest BCUT2D eigenvalue weighted by molar-refractivity contribution is 0.00210. The van der Waals surface area contributed by atoms with Crippen LogP contribution in [0.25, 0.3) is 0 Å². The van der Waals surface area contributed by atoms with Crippen LogP contribution >= 0.6 is 23.2 Å². The monoisotopic (exact) mass is 317 g/mol. The van der Waals surface area contributed by atoms with Crippen molar-refractivity contribution in [1.82, 2.24) is 15.1 Å². The average molecular weight is 318 g/mol. The van der Waals surface area contributed by atoms with Crippen LogP contribution in [0.2, 0.25) is 10.3 Å². The Morgan fingerprint density at radius 3 is 3.05 bits per heavy atom. The Hall–Kier alpha value is -0.910. The second kappa shape index (κ2) is 7.20. The minimum absolute atomic E-state index is 0.0796. The van der Waals surface area contributed by atoms with Crippen molar-refractivity contribution in [3.63, 3.8) is 0 Å². The zero-order valence-electron chi connectivity index (χ0n) is 11.3. The number of nitrogens with zero attached hydrogens (tertiary/aromatic N) is 3. The molecule has 1 aromatic heterocycles. The van der Waals surface area contributed by atoms with E-state index in [1.165, 1.54) is 6.07 Å². The molecule has 1 atom stereocenters. The van der Waals surface area contributed by atoms with Crippen molar-refractivity contribution < 1.29 is 9.53 Å². The summed E-state index contributed by atoms with van der Waals surface area (Å²) in [5.74, 6) is -0.170. The van der Waals surface area contributed by atoms with E-state index in [1.54, 1.807) is 4.90 Å². The van der Waals surface area contributed by atoms with Gasteiger partial charge in [0.25, 0.3) is 5.91 Å². The number of piperidine rings is 1. The smallest absolute Gasteiger partial charge is 0.257 e. The highest BCUT2D eigenvalue weighted by Gasteiger charge is 2.26. The number of ether oxygens (including phenoxy) is 1. The van der Waals surface area contributed by atoms with Gasteiger partial charge in [0.15, 0.2) is 10.3 Å². The number of carbonyl (C=O) groups excluding carboxylic acids is 1. The van der Waals surface area contributed by atoms with E-state index in [1.807, 2.05) is 0 Å². The molecule has 1 amide bonds. The van der Waals surface area contributed by atoms with Crippen molar-refractivity contribution in [1.29, 1.82) is 0 Å². The van der Waals surface area contributed by atoms with Crippen LogP contribution in [0.1, 0.15) is 36.5 Å². The van der Waals surface area contributed by atoms with Gasteiger partial charge >= 0.3 is 0 Å². The van der Waals surface area contributed by atoms with E-state index < -0.39 is 0 Å². The van der Waals surface area contributed by atoms with Gasteiger partial charge in [0.1, 0.15) is 0 Å². The average Bonchev–Trinajstić information content (AvgIpc) is 2.47. The number of amides is 1. The quantitative estimate of drug-likeness (QED) is 0.856. The summed E-state index contributed by atoms with van der Waals surface area (Å²) in [5.41, 5.74) is 0.294. The first kappa shape index (κ1) is 15.5. The molecule has 110 valence electrons. The molecule has 0 saturated carbocycles. The Morgan fingerprint density at radius 1 is 1.50 bits per heavy atom. The molecule has 0 radical (unpaired) electrons. The Morgan fingerprint density at radius 2 is 2.30 bits per heavy atom. The molecule has 1 fully saturated rings. The lowest BCUT2D eigenvalue weighted by atomic mass is 10.1. The molecular weight excluding hydrogens is 301 g/mol. The summed E-state index contributed by atoms with van der Waals surface area (Å²) in [6.07, 6.45) is 2.97. The third-order valence-electron chi connectivity index (χ3n) is 3.17. The molecule has 1 aliphatic heterocycles. The molecular formula is C13H17Cl2N3O2. The molecule has 5 nitrogen and oxygen atoms in total. The highest BCUT2D eigenvalue weighted by molar-refractivity contribution is 6.34. The molecule has 2 heterocycles. The van der Waals surface area contributed by atoms with Crippen molar-refractivity contribution in [2.45, 2.75) is 32.3 Å². The van der Waals surface area contributed by atoms with Gasteiger partial charge in [-0.05, 0) is 25.3 Å². The summed E-state index contributed by atoms with van der Waals surface area (Å²) >= 11 is 11.7. The van der Waals surface area contributed by atoms with Gasteiger partial charge in [-0.1, -0.05) is 30.1 Å². The molecule has 0 aromatic carbocycles. The number of halogens is 2. The molecule has 1 aliphatic rings. The van der Waals surface area contributed by atoms with Gasteiger partial charge in [-0.3, -0.25) is 4.79 Å². The third-order valence-corrected chi connectivity index (χ3v) is 3.64. The topological polar surface area (TPSA) is 55.3 Å². The Kier molecular flexibility index (Phi) is 5.57. The molecule has 1 saturated heterocycles. The van der Waals surface area contributed by atoms with E-state index >= 15 is 0 Å². The third kappa shape index (κ3) is 3.81. The van der Waals surface area contributed by atoms with E-state index in [4.69, 9.17) is 27.9 Å². The Balaban J connectivity index is 2.06. The lowest BCUT2D eigenvalue weighted by Crippen LogP contribution is -2.43. The summed E-state index contributed by atoms with van der Waals surface area (Å²) in [7, 11) is 0. The first-order valence-electron chi connectivity index (χ1n) is 6.71. The summed E-state index contributed by atoms with van der Waals surface area (Å²) in [6, 6.07) is 1.45. The van der Waals surface area contributed by atoms with Gasteiger partial charge < -0.3 is 9.64 Å². The second-order valence-corrected chi connectivity index (χ2v) is 5.50. The van der Waals surface area contributed by atoms with Gasteiger partial charge in [0, 0.05) is 19.7 Å². The highest BCUT2D eigenvalue weighted by Crippen LogP contribution is 2.21. The predicted molar refractivity (Wildman–Crippen MR) is 77.2 cm³/mol. The first-order chi connectivity index (χ1) is 9.61. The van der Waals surface area contributed by atoms with Crippen LogP contribution in [0.3, 0.4) is 0 Å². The van der Waals surface area contributed by atoms with Gasteiger partial charge in [0.2, 0.25) is 0 Å². The molecule has 0 bridgehead atoms. The maximum atomic E-state index is 12.5. The molecule has 1 unspecified atom stereocenters. The molecule has 20 heavy (non-hydrogen) atoms. The van der Waals surface area contributed by atoms with Crippen LogP contribution in [-0.4, -0.2) is 46.8 Å². The van der Waals surface area contributed by atoms with Crippen molar-refractivity contribution in [3.05, 3.63) is 21.9 Å². The molecule has 7 heteroatoms. The van der Waals surface area contributed by atoms with Crippen LogP contribution in [0, 0.1) is 0 Å². The fourth-order valence-corrected chi connectivity index (χ4v) is 2.54.